The average Bonchev–Trinajstić information content (AvgIpc) is 2.89. The molecular weight excluding hydrogens is 304 g/mol. The average molecular weight is 324 g/mol. The highest BCUT2D eigenvalue weighted by Gasteiger charge is 2.19. The van der Waals surface area contributed by atoms with Crippen LogP contribution >= 0.6 is 0 Å². The molecule has 1 fully saturated rings. The van der Waals surface area contributed by atoms with E-state index in [2.05, 4.69) is 4.72 Å². The Hall–Kier alpha value is -1.73. The zero-order chi connectivity index (χ0) is 16.2. The summed E-state index contributed by atoms with van der Waals surface area (Å²) in [5.74, 6) is 0.0369. The molecule has 1 aromatic rings. The highest BCUT2D eigenvalue weighted by molar-refractivity contribution is 7.89. The topological polar surface area (TPSA) is 83.6 Å². The number of sulfonamides is 1. The Morgan fingerprint density at radius 1 is 1.27 bits per heavy atom. The van der Waals surface area contributed by atoms with E-state index in [0.717, 1.165) is 13.0 Å². The van der Waals surface area contributed by atoms with Crippen LogP contribution in [-0.4, -0.2) is 44.6 Å². The number of carbonyl (C=O) groups excluding carboxylic acids is 2. The number of Topliss-reactive ketones (excluding diaryl/α,β-unsaturated/α-hetero) is 1. The summed E-state index contributed by atoms with van der Waals surface area (Å²) in [4.78, 5) is 24.5. The van der Waals surface area contributed by atoms with Crippen LogP contribution in [0.1, 0.15) is 36.5 Å². The molecule has 120 valence electrons. The maximum absolute atomic E-state index is 12.1. The van der Waals surface area contributed by atoms with Gasteiger partial charge in [-0.25, -0.2) is 13.1 Å². The number of hydrogen-bond acceptors (Lipinski definition) is 4. The summed E-state index contributed by atoms with van der Waals surface area (Å²) in [6, 6.07) is 5.84. The molecule has 2 rings (SSSR count). The maximum Gasteiger partial charge on any atom is 0.240 e. The molecule has 0 bridgehead atoms. The van der Waals surface area contributed by atoms with Gasteiger partial charge in [-0.2, -0.15) is 0 Å². The van der Waals surface area contributed by atoms with Crippen LogP contribution in [0, 0.1) is 0 Å². The quantitative estimate of drug-likeness (QED) is 0.603. The fourth-order valence-electron chi connectivity index (χ4n) is 2.37. The first-order valence-electron chi connectivity index (χ1n) is 7.28. The number of amides is 1. The normalized spacial score (nSPS) is 15.3. The SMILES string of the molecule is CC(=O)c1ccc(S(=O)(=O)NCCCN2CCCC2=O)cc1. The van der Waals surface area contributed by atoms with Crippen LogP contribution in [0.15, 0.2) is 29.2 Å². The van der Waals surface area contributed by atoms with Gasteiger partial charge in [0.05, 0.1) is 4.90 Å². The van der Waals surface area contributed by atoms with E-state index in [9.17, 15) is 18.0 Å². The predicted octanol–water partition coefficient (Wildman–Crippen LogP) is 1.18. The lowest BCUT2D eigenvalue weighted by molar-refractivity contribution is -0.127. The van der Waals surface area contributed by atoms with Crippen molar-refractivity contribution < 1.29 is 18.0 Å². The van der Waals surface area contributed by atoms with Gasteiger partial charge in [-0.3, -0.25) is 9.59 Å². The van der Waals surface area contributed by atoms with Crippen molar-refractivity contribution in [1.82, 2.24) is 9.62 Å². The third-order valence-corrected chi connectivity index (χ3v) is 5.12. The standard InChI is InChI=1S/C15H20N2O4S/c1-12(18)13-5-7-14(8-6-13)22(20,21)16-9-3-11-17-10-2-4-15(17)19/h5-8,16H,2-4,9-11H2,1H3. The number of likely N-dealkylation sites (tertiary alicyclic amines) is 1. The minimum atomic E-state index is -3.58. The second-order valence-electron chi connectivity index (χ2n) is 5.32. The third-order valence-electron chi connectivity index (χ3n) is 3.64. The Morgan fingerprint density at radius 3 is 2.50 bits per heavy atom. The highest BCUT2D eigenvalue weighted by atomic mass is 32.2. The van der Waals surface area contributed by atoms with Crippen molar-refractivity contribution >= 4 is 21.7 Å². The van der Waals surface area contributed by atoms with Crippen molar-refractivity contribution in [1.29, 1.82) is 0 Å². The molecule has 0 unspecified atom stereocenters. The van der Waals surface area contributed by atoms with E-state index in [-0.39, 0.29) is 23.1 Å². The van der Waals surface area contributed by atoms with Crippen LogP contribution < -0.4 is 4.72 Å². The summed E-state index contributed by atoms with van der Waals surface area (Å²) in [7, 11) is -3.58. The molecule has 22 heavy (non-hydrogen) atoms. The van der Waals surface area contributed by atoms with E-state index in [1.165, 1.54) is 31.2 Å². The third kappa shape index (κ3) is 4.14. The molecule has 7 heteroatoms. The van der Waals surface area contributed by atoms with Crippen molar-refractivity contribution in [2.24, 2.45) is 0 Å². The minimum Gasteiger partial charge on any atom is -0.343 e. The van der Waals surface area contributed by atoms with E-state index in [1.54, 1.807) is 4.90 Å². The first-order chi connectivity index (χ1) is 10.4. The number of nitrogens with zero attached hydrogens (tertiary/aromatic N) is 1. The van der Waals surface area contributed by atoms with Crippen LogP contribution in [0.3, 0.4) is 0 Å². The fraction of sp³-hybridized carbons (Fsp3) is 0.467. The van der Waals surface area contributed by atoms with Gasteiger partial charge in [0.1, 0.15) is 0 Å². The molecule has 0 saturated carbocycles. The molecule has 0 radical (unpaired) electrons. The van der Waals surface area contributed by atoms with Gasteiger partial charge < -0.3 is 4.90 Å². The smallest absolute Gasteiger partial charge is 0.240 e. The molecule has 1 N–H and O–H groups in total. The number of nitrogens with one attached hydrogen (secondary N) is 1. The first-order valence-corrected chi connectivity index (χ1v) is 8.77. The number of rotatable bonds is 7. The largest absolute Gasteiger partial charge is 0.343 e. The summed E-state index contributed by atoms with van der Waals surface area (Å²) >= 11 is 0. The molecule has 0 aliphatic carbocycles. The number of ketones is 1. The van der Waals surface area contributed by atoms with Crippen molar-refractivity contribution in [3.8, 4) is 0 Å². The van der Waals surface area contributed by atoms with Crippen molar-refractivity contribution in [2.75, 3.05) is 19.6 Å². The van der Waals surface area contributed by atoms with Crippen LogP contribution in [0.25, 0.3) is 0 Å². The van der Waals surface area contributed by atoms with Gasteiger partial charge in [-0.05, 0) is 31.9 Å². The van der Waals surface area contributed by atoms with E-state index in [4.69, 9.17) is 0 Å². The van der Waals surface area contributed by atoms with Crippen LogP contribution in [0.2, 0.25) is 0 Å². The van der Waals surface area contributed by atoms with Gasteiger partial charge in [0.2, 0.25) is 15.9 Å². The van der Waals surface area contributed by atoms with E-state index in [1.807, 2.05) is 0 Å². The Balaban J connectivity index is 1.85. The van der Waals surface area contributed by atoms with E-state index in [0.29, 0.717) is 24.9 Å². The van der Waals surface area contributed by atoms with Crippen LogP contribution in [0.5, 0.6) is 0 Å². The maximum atomic E-state index is 12.1. The molecule has 1 aliphatic rings. The number of hydrogen-bond donors (Lipinski definition) is 1. The first kappa shape index (κ1) is 16.6. The Kier molecular flexibility index (Phi) is 5.31. The molecule has 6 nitrogen and oxygen atoms in total. The summed E-state index contributed by atoms with van der Waals surface area (Å²) in [6.07, 6.45) is 2.05. The monoisotopic (exact) mass is 324 g/mol. The van der Waals surface area contributed by atoms with Crippen LogP contribution in [-0.2, 0) is 14.8 Å². The van der Waals surface area contributed by atoms with Crippen LogP contribution in [0.4, 0.5) is 0 Å². The molecule has 1 heterocycles. The van der Waals surface area contributed by atoms with Gasteiger partial charge in [-0.1, -0.05) is 12.1 Å². The zero-order valence-corrected chi connectivity index (χ0v) is 13.4. The zero-order valence-electron chi connectivity index (χ0n) is 12.5. The lowest BCUT2D eigenvalue weighted by atomic mass is 10.2. The van der Waals surface area contributed by atoms with E-state index >= 15 is 0 Å². The lowest BCUT2D eigenvalue weighted by Crippen LogP contribution is -2.30. The molecular formula is C15H20N2O4S. The lowest BCUT2D eigenvalue weighted by Gasteiger charge is -2.15. The van der Waals surface area contributed by atoms with Gasteiger partial charge in [0.25, 0.3) is 0 Å². The fourth-order valence-corrected chi connectivity index (χ4v) is 3.44. The summed E-state index contributed by atoms with van der Waals surface area (Å²) in [6.45, 7) is 3.05. The molecule has 1 aromatic carbocycles. The Labute approximate surface area is 130 Å². The van der Waals surface area contributed by atoms with Crippen molar-refractivity contribution in [2.45, 2.75) is 31.1 Å². The Bertz CT molecular complexity index is 653. The molecule has 0 atom stereocenters. The van der Waals surface area contributed by atoms with Gasteiger partial charge in [0.15, 0.2) is 5.78 Å². The summed E-state index contributed by atoms with van der Waals surface area (Å²) in [5, 5.41) is 0. The van der Waals surface area contributed by atoms with Crippen molar-refractivity contribution in [3.05, 3.63) is 29.8 Å². The van der Waals surface area contributed by atoms with E-state index < -0.39 is 10.0 Å². The molecule has 1 saturated heterocycles. The molecule has 0 aromatic heterocycles. The molecule has 0 spiro atoms. The minimum absolute atomic E-state index is 0.104. The number of benzene rings is 1. The highest BCUT2D eigenvalue weighted by Crippen LogP contribution is 2.12. The Morgan fingerprint density at radius 2 is 1.95 bits per heavy atom. The van der Waals surface area contributed by atoms with Gasteiger partial charge >= 0.3 is 0 Å². The summed E-state index contributed by atoms with van der Waals surface area (Å²) < 4.78 is 26.7. The van der Waals surface area contributed by atoms with Gasteiger partial charge in [0, 0.05) is 31.6 Å². The van der Waals surface area contributed by atoms with Crippen molar-refractivity contribution in [3.63, 3.8) is 0 Å². The second kappa shape index (κ2) is 7.02. The number of carbonyl (C=O) groups is 2. The molecule has 1 aliphatic heterocycles. The summed E-state index contributed by atoms with van der Waals surface area (Å²) in [5.41, 5.74) is 0.478. The predicted molar refractivity (Wildman–Crippen MR) is 82.1 cm³/mol. The second-order valence-corrected chi connectivity index (χ2v) is 7.08. The van der Waals surface area contributed by atoms with Gasteiger partial charge in [-0.15, -0.1) is 0 Å². The molecule has 1 amide bonds.